The summed E-state index contributed by atoms with van der Waals surface area (Å²) in [6, 6.07) is 0. The second-order valence-electron chi connectivity index (χ2n) is 4.97. The molecule has 0 radical (unpaired) electrons. The summed E-state index contributed by atoms with van der Waals surface area (Å²) in [7, 11) is -3.39. The molecule has 1 heterocycles. The largest absolute Gasteiger partial charge is 0.369 e. The average Bonchev–Trinajstić information content (AvgIpc) is 3.15. The highest BCUT2D eigenvalue weighted by molar-refractivity contribution is 7.90. The first kappa shape index (κ1) is 14.5. The van der Waals surface area contributed by atoms with Gasteiger partial charge in [-0.2, -0.15) is 0 Å². The van der Waals surface area contributed by atoms with Crippen LogP contribution in [0.2, 0.25) is 0 Å². The van der Waals surface area contributed by atoms with Crippen LogP contribution in [0.25, 0.3) is 0 Å². The van der Waals surface area contributed by atoms with Crippen molar-refractivity contribution in [3.05, 3.63) is 18.0 Å². The van der Waals surface area contributed by atoms with Crippen molar-refractivity contribution in [3.8, 4) is 11.8 Å². The van der Waals surface area contributed by atoms with Gasteiger partial charge in [0, 0.05) is 30.5 Å². The number of rotatable bonds is 4. The van der Waals surface area contributed by atoms with E-state index in [2.05, 4.69) is 21.8 Å². The first-order valence-corrected chi connectivity index (χ1v) is 8.04. The predicted molar refractivity (Wildman–Crippen MR) is 72.1 cm³/mol. The number of hydrogen-bond donors (Lipinski definition) is 1. The van der Waals surface area contributed by atoms with Gasteiger partial charge in [-0.15, -0.1) is 0 Å². The Bertz CT molecular complexity index is 680. The van der Waals surface area contributed by atoms with Crippen molar-refractivity contribution < 1.29 is 13.2 Å². The lowest BCUT2D eigenvalue weighted by Gasteiger charge is -2.06. The van der Waals surface area contributed by atoms with E-state index in [1.165, 1.54) is 12.4 Å². The fourth-order valence-electron chi connectivity index (χ4n) is 1.81. The van der Waals surface area contributed by atoms with Crippen molar-refractivity contribution >= 4 is 15.7 Å². The van der Waals surface area contributed by atoms with Gasteiger partial charge in [-0.3, -0.25) is 4.79 Å². The molecule has 106 valence electrons. The van der Waals surface area contributed by atoms with Crippen LogP contribution in [0.3, 0.4) is 0 Å². The number of sulfone groups is 1. The summed E-state index contributed by atoms with van der Waals surface area (Å²) in [6.45, 7) is 0. The number of amides is 1. The van der Waals surface area contributed by atoms with Crippen LogP contribution in [-0.4, -0.2) is 30.5 Å². The van der Waals surface area contributed by atoms with E-state index in [0.29, 0.717) is 18.4 Å². The molecule has 0 aromatic carbocycles. The molecule has 1 aromatic rings. The molecule has 1 aliphatic carbocycles. The second kappa shape index (κ2) is 5.21. The first-order chi connectivity index (χ1) is 9.33. The number of nitrogens with zero attached hydrogens (tertiary/aromatic N) is 2. The van der Waals surface area contributed by atoms with Gasteiger partial charge in [-0.1, -0.05) is 11.8 Å². The predicted octanol–water partition coefficient (Wildman–Crippen LogP) is 0.277. The SMILES string of the molecule is CS(=O)(=O)c1ncc(C#CCCC2(C(N)=O)CC2)cn1. The first-order valence-electron chi connectivity index (χ1n) is 6.14. The van der Waals surface area contributed by atoms with E-state index >= 15 is 0 Å². The molecule has 1 aliphatic rings. The molecule has 1 saturated carbocycles. The van der Waals surface area contributed by atoms with Crippen LogP contribution in [0.4, 0.5) is 0 Å². The molecule has 0 saturated heterocycles. The standard InChI is InChI=1S/C13H15N3O3S/c1-20(18,19)12-15-8-10(9-16-12)4-2-3-5-13(6-7-13)11(14)17/h8-9H,3,5-7H2,1H3,(H2,14,17). The maximum Gasteiger partial charge on any atom is 0.246 e. The van der Waals surface area contributed by atoms with Crippen LogP contribution in [0, 0.1) is 17.3 Å². The third kappa shape index (κ3) is 3.33. The molecule has 20 heavy (non-hydrogen) atoms. The maximum absolute atomic E-state index is 11.2. The second-order valence-corrected chi connectivity index (χ2v) is 6.88. The van der Waals surface area contributed by atoms with Crippen molar-refractivity contribution in [3.63, 3.8) is 0 Å². The minimum Gasteiger partial charge on any atom is -0.369 e. The number of hydrogen-bond acceptors (Lipinski definition) is 5. The zero-order valence-electron chi connectivity index (χ0n) is 11.1. The van der Waals surface area contributed by atoms with Crippen molar-refractivity contribution in [2.24, 2.45) is 11.1 Å². The van der Waals surface area contributed by atoms with Gasteiger partial charge in [-0.05, 0) is 19.3 Å². The fraction of sp³-hybridized carbons (Fsp3) is 0.462. The molecule has 0 unspecified atom stereocenters. The van der Waals surface area contributed by atoms with Crippen molar-refractivity contribution in [2.75, 3.05) is 6.26 Å². The van der Waals surface area contributed by atoms with E-state index in [-0.39, 0.29) is 16.5 Å². The lowest BCUT2D eigenvalue weighted by Crippen LogP contribution is -2.24. The normalized spacial score (nSPS) is 16.1. The van der Waals surface area contributed by atoms with Gasteiger partial charge in [-0.25, -0.2) is 18.4 Å². The van der Waals surface area contributed by atoms with Crippen LogP contribution in [0.1, 0.15) is 31.2 Å². The molecular formula is C13H15N3O3S. The minimum atomic E-state index is -3.39. The third-order valence-corrected chi connectivity index (χ3v) is 4.17. The summed E-state index contributed by atoms with van der Waals surface area (Å²) in [5.74, 6) is 5.51. The smallest absolute Gasteiger partial charge is 0.246 e. The number of carbonyl (C=O) groups is 1. The zero-order valence-corrected chi connectivity index (χ0v) is 11.9. The molecule has 0 atom stereocenters. The number of aromatic nitrogens is 2. The average molecular weight is 293 g/mol. The van der Waals surface area contributed by atoms with Crippen LogP contribution >= 0.6 is 0 Å². The highest BCUT2D eigenvalue weighted by Crippen LogP contribution is 2.49. The Morgan fingerprint density at radius 3 is 2.45 bits per heavy atom. The summed E-state index contributed by atoms with van der Waals surface area (Å²) >= 11 is 0. The number of carbonyl (C=O) groups excluding carboxylic acids is 1. The molecule has 1 aromatic heterocycles. The Balaban J connectivity index is 1.95. The van der Waals surface area contributed by atoms with Gasteiger partial charge in [0.15, 0.2) is 0 Å². The third-order valence-electron chi connectivity index (χ3n) is 3.30. The van der Waals surface area contributed by atoms with E-state index in [4.69, 9.17) is 5.73 Å². The lowest BCUT2D eigenvalue weighted by molar-refractivity contribution is -0.123. The fourth-order valence-corrected chi connectivity index (χ4v) is 2.30. The molecule has 7 heteroatoms. The van der Waals surface area contributed by atoms with Crippen LogP contribution < -0.4 is 5.73 Å². The Kier molecular flexibility index (Phi) is 3.77. The van der Waals surface area contributed by atoms with E-state index in [9.17, 15) is 13.2 Å². The van der Waals surface area contributed by atoms with Gasteiger partial charge in [0.2, 0.25) is 20.9 Å². The maximum atomic E-state index is 11.2. The van der Waals surface area contributed by atoms with Gasteiger partial charge >= 0.3 is 0 Å². The molecule has 6 nitrogen and oxygen atoms in total. The van der Waals surface area contributed by atoms with E-state index < -0.39 is 9.84 Å². The Hall–Kier alpha value is -1.94. The summed E-state index contributed by atoms with van der Waals surface area (Å²) in [4.78, 5) is 18.7. The zero-order chi connectivity index (χ0) is 14.8. The van der Waals surface area contributed by atoms with Crippen LogP contribution in [-0.2, 0) is 14.6 Å². The molecule has 2 N–H and O–H groups in total. The molecule has 2 rings (SSSR count). The van der Waals surface area contributed by atoms with Crippen molar-refractivity contribution in [1.82, 2.24) is 9.97 Å². The van der Waals surface area contributed by atoms with Crippen molar-refractivity contribution in [1.29, 1.82) is 0 Å². The van der Waals surface area contributed by atoms with Gasteiger partial charge in [0.1, 0.15) is 0 Å². The Morgan fingerprint density at radius 2 is 2.00 bits per heavy atom. The van der Waals surface area contributed by atoms with Gasteiger partial charge < -0.3 is 5.73 Å². The molecule has 1 amide bonds. The summed E-state index contributed by atoms with van der Waals surface area (Å²) in [5, 5.41) is -0.214. The van der Waals surface area contributed by atoms with Gasteiger partial charge in [0.05, 0.1) is 5.56 Å². The minimum absolute atomic E-state index is 0.214. The summed E-state index contributed by atoms with van der Waals surface area (Å²) in [5.41, 5.74) is 5.52. The van der Waals surface area contributed by atoms with E-state index in [1.807, 2.05) is 0 Å². The summed E-state index contributed by atoms with van der Waals surface area (Å²) in [6.07, 6.45) is 6.71. The molecule has 0 bridgehead atoms. The monoisotopic (exact) mass is 293 g/mol. The lowest BCUT2D eigenvalue weighted by atomic mass is 10.00. The highest BCUT2D eigenvalue weighted by atomic mass is 32.2. The van der Waals surface area contributed by atoms with Crippen LogP contribution in [0.5, 0.6) is 0 Å². The summed E-state index contributed by atoms with van der Waals surface area (Å²) < 4.78 is 22.4. The quantitative estimate of drug-likeness (QED) is 0.634. The van der Waals surface area contributed by atoms with E-state index in [0.717, 1.165) is 19.1 Å². The molecule has 0 aliphatic heterocycles. The molecular weight excluding hydrogens is 278 g/mol. The van der Waals surface area contributed by atoms with Crippen molar-refractivity contribution in [2.45, 2.75) is 30.8 Å². The Morgan fingerprint density at radius 1 is 1.40 bits per heavy atom. The number of primary amides is 1. The number of nitrogens with two attached hydrogens (primary N) is 1. The Labute approximate surface area is 117 Å². The topological polar surface area (TPSA) is 103 Å². The highest BCUT2D eigenvalue weighted by Gasteiger charge is 2.47. The molecule has 1 fully saturated rings. The van der Waals surface area contributed by atoms with Crippen LogP contribution in [0.15, 0.2) is 17.6 Å². The molecule has 0 spiro atoms. The van der Waals surface area contributed by atoms with Gasteiger partial charge in [0.25, 0.3) is 0 Å². The van der Waals surface area contributed by atoms with E-state index in [1.54, 1.807) is 0 Å².